The molecule has 2 aromatic carbocycles. The van der Waals surface area contributed by atoms with Crippen molar-refractivity contribution in [2.75, 3.05) is 38.0 Å². The lowest BCUT2D eigenvalue weighted by Crippen LogP contribution is -2.50. The van der Waals surface area contributed by atoms with Gasteiger partial charge in [-0.05, 0) is 42.3 Å². The van der Waals surface area contributed by atoms with E-state index >= 15 is 0 Å². The molecular weight excluding hydrogens is 376 g/mol. The minimum absolute atomic E-state index is 0.00480. The van der Waals surface area contributed by atoms with Crippen LogP contribution in [0.15, 0.2) is 42.5 Å². The van der Waals surface area contributed by atoms with E-state index in [9.17, 15) is 9.18 Å². The van der Waals surface area contributed by atoms with Gasteiger partial charge in [-0.25, -0.2) is 9.18 Å². The molecule has 2 amide bonds. The first-order chi connectivity index (χ1) is 12.5. The second-order valence-corrected chi connectivity index (χ2v) is 7.11. The SMILES string of the molecule is O=C(Nc1ccc(F)c(Cl)c1)N1CCN(CCc2ccc(Cl)cc2)CC1. The number of anilines is 1. The molecule has 1 fully saturated rings. The molecule has 0 saturated carbocycles. The first kappa shape index (κ1) is 19.0. The van der Waals surface area contributed by atoms with Gasteiger partial charge in [0.15, 0.2) is 0 Å². The fraction of sp³-hybridized carbons (Fsp3) is 0.316. The first-order valence-corrected chi connectivity index (χ1v) is 9.24. The van der Waals surface area contributed by atoms with Gasteiger partial charge in [-0.15, -0.1) is 0 Å². The molecule has 138 valence electrons. The van der Waals surface area contributed by atoms with Crippen LogP contribution in [0.4, 0.5) is 14.9 Å². The molecule has 0 spiro atoms. The maximum Gasteiger partial charge on any atom is 0.321 e. The van der Waals surface area contributed by atoms with Crippen molar-refractivity contribution in [3.63, 3.8) is 0 Å². The van der Waals surface area contributed by atoms with Gasteiger partial charge in [0.2, 0.25) is 0 Å². The van der Waals surface area contributed by atoms with E-state index < -0.39 is 5.82 Å². The molecule has 4 nitrogen and oxygen atoms in total. The number of piperazine rings is 1. The van der Waals surface area contributed by atoms with Gasteiger partial charge >= 0.3 is 6.03 Å². The number of nitrogens with zero attached hydrogens (tertiary/aromatic N) is 2. The Balaban J connectivity index is 1.44. The van der Waals surface area contributed by atoms with Crippen molar-refractivity contribution >= 4 is 34.9 Å². The van der Waals surface area contributed by atoms with Crippen LogP contribution in [-0.2, 0) is 6.42 Å². The third-order valence-corrected chi connectivity index (χ3v) is 5.00. The Labute approximate surface area is 162 Å². The number of benzene rings is 2. The Bertz CT molecular complexity index is 762. The number of hydrogen-bond acceptors (Lipinski definition) is 2. The number of halogens is 3. The average molecular weight is 396 g/mol. The summed E-state index contributed by atoms with van der Waals surface area (Å²) in [6.07, 6.45) is 0.956. The molecule has 1 heterocycles. The van der Waals surface area contributed by atoms with Crippen molar-refractivity contribution < 1.29 is 9.18 Å². The van der Waals surface area contributed by atoms with E-state index in [1.165, 1.54) is 23.8 Å². The Morgan fingerprint density at radius 2 is 1.73 bits per heavy atom. The topological polar surface area (TPSA) is 35.6 Å². The highest BCUT2D eigenvalue weighted by atomic mass is 35.5. The van der Waals surface area contributed by atoms with Crippen LogP contribution in [0.25, 0.3) is 0 Å². The molecule has 1 aliphatic heterocycles. The van der Waals surface area contributed by atoms with E-state index in [1.54, 1.807) is 4.90 Å². The van der Waals surface area contributed by atoms with E-state index in [4.69, 9.17) is 23.2 Å². The van der Waals surface area contributed by atoms with Crippen LogP contribution in [0.1, 0.15) is 5.56 Å². The van der Waals surface area contributed by atoms with Crippen molar-refractivity contribution in [3.8, 4) is 0 Å². The molecule has 7 heteroatoms. The Morgan fingerprint density at radius 1 is 1.04 bits per heavy atom. The van der Waals surface area contributed by atoms with E-state index in [2.05, 4.69) is 10.2 Å². The Morgan fingerprint density at radius 3 is 2.38 bits per heavy atom. The maximum absolute atomic E-state index is 13.2. The summed E-state index contributed by atoms with van der Waals surface area (Å²) in [5, 5.41) is 3.50. The maximum atomic E-state index is 13.2. The molecule has 0 bridgehead atoms. The summed E-state index contributed by atoms with van der Waals surface area (Å²) in [5.74, 6) is -0.501. The normalized spacial score (nSPS) is 15.1. The van der Waals surface area contributed by atoms with Crippen molar-refractivity contribution in [2.45, 2.75) is 6.42 Å². The number of nitrogens with one attached hydrogen (secondary N) is 1. The molecule has 0 aliphatic carbocycles. The third-order valence-electron chi connectivity index (χ3n) is 4.46. The highest BCUT2D eigenvalue weighted by Gasteiger charge is 2.21. The monoisotopic (exact) mass is 395 g/mol. The van der Waals surface area contributed by atoms with Gasteiger partial charge in [0, 0.05) is 43.4 Å². The second kappa shape index (κ2) is 8.71. The van der Waals surface area contributed by atoms with Gasteiger partial charge in [0.05, 0.1) is 5.02 Å². The zero-order valence-electron chi connectivity index (χ0n) is 14.2. The highest BCUT2D eigenvalue weighted by Crippen LogP contribution is 2.20. The molecular formula is C19H20Cl2FN3O. The fourth-order valence-electron chi connectivity index (χ4n) is 2.89. The fourth-order valence-corrected chi connectivity index (χ4v) is 3.20. The minimum atomic E-state index is -0.501. The summed E-state index contributed by atoms with van der Waals surface area (Å²) in [7, 11) is 0. The van der Waals surface area contributed by atoms with Crippen LogP contribution in [0, 0.1) is 5.82 Å². The molecule has 0 radical (unpaired) electrons. The molecule has 1 aliphatic rings. The van der Waals surface area contributed by atoms with Crippen LogP contribution in [-0.4, -0.2) is 48.6 Å². The van der Waals surface area contributed by atoms with E-state index in [-0.39, 0.29) is 11.1 Å². The summed E-state index contributed by atoms with van der Waals surface area (Å²) in [6, 6.07) is 11.9. The largest absolute Gasteiger partial charge is 0.322 e. The molecule has 0 unspecified atom stereocenters. The van der Waals surface area contributed by atoms with E-state index in [0.29, 0.717) is 18.8 Å². The second-order valence-electron chi connectivity index (χ2n) is 6.26. The number of hydrogen-bond donors (Lipinski definition) is 1. The molecule has 1 saturated heterocycles. The van der Waals surface area contributed by atoms with Crippen molar-refractivity contribution in [1.82, 2.24) is 9.80 Å². The van der Waals surface area contributed by atoms with Gasteiger partial charge < -0.3 is 10.2 Å². The molecule has 1 N–H and O–H groups in total. The van der Waals surface area contributed by atoms with Crippen LogP contribution < -0.4 is 5.32 Å². The predicted molar refractivity (Wildman–Crippen MR) is 104 cm³/mol. The Hall–Kier alpha value is -1.82. The molecule has 2 aromatic rings. The molecule has 0 aromatic heterocycles. The highest BCUT2D eigenvalue weighted by molar-refractivity contribution is 6.31. The number of urea groups is 1. The van der Waals surface area contributed by atoms with Crippen LogP contribution in [0.5, 0.6) is 0 Å². The van der Waals surface area contributed by atoms with E-state index in [0.717, 1.165) is 31.1 Å². The van der Waals surface area contributed by atoms with Gasteiger partial charge in [-0.2, -0.15) is 0 Å². The molecule has 26 heavy (non-hydrogen) atoms. The van der Waals surface area contributed by atoms with Gasteiger partial charge in [0.1, 0.15) is 5.82 Å². The Kier molecular flexibility index (Phi) is 6.35. The quantitative estimate of drug-likeness (QED) is 0.825. The minimum Gasteiger partial charge on any atom is -0.322 e. The summed E-state index contributed by atoms with van der Waals surface area (Å²) in [6.45, 7) is 3.91. The van der Waals surface area contributed by atoms with Crippen molar-refractivity contribution in [3.05, 3.63) is 63.9 Å². The van der Waals surface area contributed by atoms with Gasteiger partial charge in [0.25, 0.3) is 0 Å². The zero-order valence-corrected chi connectivity index (χ0v) is 15.7. The van der Waals surface area contributed by atoms with Gasteiger partial charge in [-0.3, -0.25) is 4.90 Å². The predicted octanol–water partition coefficient (Wildman–Crippen LogP) is 4.52. The number of carbonyl (C=O) groups is 1. The van der Waals surface area contributed by atoms with Crippen LogP contribution in [0.2, 0.25) is 10.0 Å². The number of rotatable bonds is 4. The molecule has 0 atom stereocenters. The lowest BCUT2D eigenvalue weighted by molar-refractivity contribution is 0.148. The van der Waals surface area contributed by atoms with Crippen molar-refractivity contribution in [2.24, 2.45) is 0 Å². The number of carbonyl (C=O) groups excluding carboxylic acids is 1. The lowest BCUT2D eigenvalue weighted by Gasteiger charge is -2.34. The number of amides is 2. The van der Waals surface area contributed by atoms with E-state index in [1.807, 2.05) is 24.3 Å². The molecule has 3 rings (SSSR count). The lowest BCUT2D eigenvalue weighted by atomic mass is 10.1. The summed E-state index contributed by atoms with van der Waals surface area (Å²) < 4.78 is 13.2. The van der Waals surface area contributed by atoms with Crippen molar-refractivity contribution in [1.29, 1.82) is 0 Å². The first-order valence-electron chi connectivity index (χ1n) is 8.49. The average Bonchev–Trinajstić information content (AvgIpc) is 2.65. The zero-order chi connectivity index (χ0) is 18.5. The summed E-state index contributed by atoms with van der Waals surface area (Å²) in [5.41, 5.74) is 1.74. The summed E-state index contributed by atoms with van der Waals surface area (Å²) >= 11 is 11.6. The third kappa shape index (κ3) is 5.10. The van der Waals surface area contributed by atoms with Gasteiger partial charge in [-0.1, -0.05) is 35.3 Å². The standard InChI is InChI=1S/C19H20Cl2FN3O/c20-15-3-1-14(2-4-15)7-8-24-9-11-25(12-10-24)19(26)23-16-5-6-18(22)17(21)13-16/h1-6,13H,7-12H2,(H,23,26). The summed E-state index contributed by atoms with van der Waals surface area (Å²) in [4.78, 5) is 16.4. The smallest absolute Gasteiger partial charge is 0.321 e. The van der Waals surface area contributed by atoms with Crippen LogP contribution in [0.3, 0.4) is 0 Å². The van der Waals surface area contributed by atoms with Crippen LogP contribution >= 0.6 is 23.2 Å².